The Labute approximate surface area is 129 Å². The van der Waals surface area contributed by atoms with Gasteiger partial charge < -0.3 is 5.32 Å². The molecule has 1 unspecified atom stereocenters. The van der Waals surface area contributed by atoms with E-state index in [0.717, 1.165) is 30.0 Å². The maximum atomic E-state index is 6.30. The third-order valence-corrected chi connectivity index (χ3v) is 3.97. The average molecular weight is 312 g/mol. The van der Waals surface area contributed by atoms with Crippen molar-refractivity contribution in [2.24, 2.45) is 7.05 Å². The fraction of sp³-hybridized carbons (Fsp3) is 0.400. The van der Waals surface area contributed by atoms with E-state index in [2.05, 4.69) is 17.3 Å². The Hall–Kier alpha value is -1.03. The zero-order valence-electron chi connectivity index (χ0n) is 11.7. The van der Waals surface area contributed by atoms with Crippen molar-refractivity contribution in [2.75, 3.05) is 6.54 Å². The fourth-order valence-corrected chi connectivity index (χ4v) is 2.76. The van der Waals surface area contributed by atoms with Crippen LogP contribution in [0.5, 0.6) is 0 Å². The SMILES string of the molecule is CCNC(CCc1ccnn1C)c1cc(Cl)ccc1Cl. The summed E-state index contributed by atoms with van der Waals surface area (Å²) < 4.78 is 1.91. The van der Waals surface area contributed by atoms with Crippen molar-refractivity contribution in [3.8, 4) is 0 Å². The molecule has 0 saturated heterocycles. The van der Waals surface area contributed by atoms with Crippen LogP contribution in [0.1, 0.15) is 30.6 Å². The van der Waals surface area contributed by atoms with E-state index < -0.39 is 0 Å². The van der Waals surface area contributed by atoms with Gasteiger partial charge in [0.15, 0.2) is 0 Å². The van der Waals surface area contributed by atoms with Gasteiger partial charge in [0.1, 0.15) is 0 Å². The summed E-state index contributed by atoms with van der Waals surface area (Å²) in [6.07, 6.45) is 3.72. The molecule has 0 amide bonds. The molecule has 5 heteroatoms. The predicted molar refractivity (Wildman–Crippen MR) is 84.4 cm³/mol. The average Bonchev–Trinajstić information content (AvgIpc) is 2.83. The molecule has 108 valence electrons. The monoisotopic (exact) mass is 311 g/mol. The van der Waals surface area contributed by atoms with Gasteiger partial charge in [-0.15, -0.1) is 0 Å². The van der Waals surface area contributed by atoms with Gasteiger partial charge >= 0.3 is 0 Å². The largest absolute Gasteiger partial charge is 0.310 e. The molecule has 0 spiro atoms. The Morgan fingerprint density at radius 2 is 2.10 bits per heavy atom. The summed E-state index contributed by atoms with van der Waals surface area (Å²) >= 11 is 12.4. The molecule has 0 aliphatic heterocycles. The standard InChI is InChI=1S/C15H19Cl2N3/c1-3-18-15(7-5-12-8-9-19-20(12)2)13-10-11(16)4-6-14(13)17/h4,6,8-10,15,18H,3,5,7H2,1-2H3. The molecule has 1 aromatic heterocycles. The highest BCUT2D eigenvalue weighted by Crippen LogP contribution is 2.29. The van der Waals surface area contributed by atoms with Gasteiger partial charge in [0.25, 0.3) is 0 Å². The van der Waals surface area contributed by atoms with Crippen molar-refractivity contribution in [1.29, 1.82) is 0 Å². The molecule has 0 saturated carbocycles. The Morgan fingerprint density at radius 3 is 2.75 bits per heavy atom. The third kappa shape index (κ3) is 3.75. The molecule has 0 aliphatic carbocycles. The number of rotatable bonds is 6. The van der Waals surface area contributed by atoms with Crippen LogP contribution in [-0.2, 0) is 13.5 Å². The maximum Gasteiger partial charge on any atom is 0.0492 e. The van der Waals surface area contributed by atoms with Crippen molar-refractivity contribution in [3.05, 3.63) is 51.8 Å². The van der Waals surface area contributed by atoms with E-state index in [-0.39, 0.29) is 6.04 Å². The summed E-state index contributed by atoms with van der Waals surface area (Å²) in [6, 6.07) is 7.86. The third-order valence-electron chi connectivity index (χ3n) is 3.40. The number of aromatic nitrogens is 2. The second-order valence-electron chi connectivity index (χ2n) is 4.76. The molecule has 0 bridgehead atoms. The highest BCUT2D eigenvalue weighted by Gasteiger charge is 2.15. The quantitative estimate of drug-likeness (QED) is 0.873. The minimum Gasteiger partial charge on any atom is -0.310 e. The second-order valence-corrected chi connectivity index (χ2v) is 5.60. The summed E-state index contributed by atoms with van der Waals surface area (Å²) in [5, 5.41) is 9.14. The van der Waals surface area contributed by atoms with E-state index in [4.69, 9.17) is 23.2 Å². The molecule has 1 heterocycles. The molecule has 0 aliphatic rings. The van der Waals surface area contributed by atoms with Gasteiger partial charge in [0, 0.05) is 35.0 Å². The first-order valence-electron chi connectivity index (χ1n) is 6.77. The smallest absolute Gasteiger partial charge is 0.0492 e. The van der Waals surface area contributed by atoms with E-state index in [1.807, 2.05) is 42.2 Å². The minimum atomic E-state index is 0.195. The van der Waals surface area contributed by atoms with Crippen LogP contribution in [0.2, 0.25) is 10.0 Å². The van der Waals surface area contributed by atoms with Crippen LogP contribution < -0.4 is 5.32 Å². The van der Waals surface area contributed by atoms with Crippen molar-refractivity contribution in [3.63, 3.8) is 0 Å². The number of hydrogen-bond acceptors (Lipinski definition) is 2. The van der Waals surface area contributed by atoms with Crippen LogP contribution in [0.4, 0.5) is 0 Å². The van der Waals surface area contributed by atoms with Gasteiger partial charge in [0.05, 0.1) is 0 Å². The number of nitrogens with zero attached hydrogens (tertiary/aromatic N) is 2. The first kappa shape index (κ1) is 15.4. The summed E-state index contributed by atoms with van der Waals surface area (Å²) in [4.78, 5) is 0. The van der Waals surface area contributed by atoms with E-state index in [0.29, 0.717) is 5.02 Å². The molecular weight excluding hydrogens is 293 g/mol. The van der Waals surface area contributed by atoms with Gasteiger partial charge in [-0.1, -0.05) is 30.1 Å². The molecule has 2 aromatic rings. The lowest BCUT2D eigenvalue weighted by molar-refractivity contribution is 0.506. The van der Waals surface area contributed by atoms with Gasteiger partial charge in [-0.3, -0.25) is 4.68 Å². The van der Waals surface area contributed by atoms with Gasteiger partial charge in [-0.25, -0.2) is 0 Å². The fourth-order valence-electron chi connectivity index (χ4n) is 2.33. The molecule has 3 nitrogen and oxygen atoms in total. The van der Waals surface area contributed by atoms with Crippen LogP contribution in [0, 0.1) is 0 Å². The highest BCUT2D eigenvalue weighted by atomic mass is 35.5. The van der Waals surface area contributed by atoms with Gasteiger partial charge in [-0.2, -0.15) is 5.10 Å². The lowest BCUT2D eigenvalue weighted by atomic mass is 10.0. The van der Waals surface area contributed by atoms with E-state index in [9.17, 15) is 0 Å². The Kier molecular flexibility index (Phi) is 5.46. The number of halogens is 2. The summed E-state index contributed by atoms with van der Waals surface area (Å²) in [5.74, 6) is 0. The number of nitrogens with one attached hydrogen (secondary N) is 1. The molecule has 1 atom stereocenters. The Balaban J connectivity index is 2.14. The Morgan fingerprint density at radius 1 is 1.30 bits per heavy atom. The minimum absolute atomic E-state index is 0.195. The van der Waals surface area contributed by atoms with Gasteiger partial charge in [-0.05, 0) is 49.2 Å². The first-order chi connectivity index (χ1) is 9.61. The van der Waals surface area contributed by atoms with Crippen LogP contribution in [0.25, 0.3) is 0 Å². The maximum absolute atomic E-state index is 6.30. The zero-order valence-corrected chi connectivity index (χ0v) is 13.2. The zero-order chi connectivity index (χ0) is 14.5. The molecule has 1 aromatic carbocycles. The molecule has 20 heavy (non-hydrogen) atoms. The summed E-state index contributed by atoms with van der Waals surface area (Å²) in [5.41, 5.74) is 2.27. The van der Waals surface area contributed by atoms with Crippen molar-refractivity contribution < 1.29 is 0 Å². The van der Waals surface area contributed by atoms with E-state index >= 15 is 0 Å². The Bertz CT molecular complexity index is 566. The van der Waals surface area contributed by atoms with Crippen molar-refractivity contribution in [2.45, 2.75) is 25.8 Å². The lowest BCUT2D eigenvalue weighted by Crippen LogP contribution is -2.22. The molecule has 1 N–H and O–H groups in total. The molecule has 0 radical (unpaired) electrons. The van der Waals surface area contributed by atoms with E-state index in [1.54, 1.807) is 0 Å². The van der Waals surface area contributed by atoms with Crippen LogP contribution in [0.3, 0.4) is 0 Å². The van der Waals surface area contributed by atoms with Crippen molar-refractivity contribution in [1.82, 2.24) is 15.1 Å². The second kappa shape index (κ2) is 7.11. The first-order valence-corrected chi connectivity index (χ1v) is 7.52. The summed E-state index contributed by atoms with van der Waals surface area (Å²) in [6.45, 7) is 2.98. The topological polar surface area (TPSA) is 29.9 Å². The van der Waals surface area contributed by atoms with Crippen LogP contribution in [0.15, 0.2) is 30.5 Å². The normalized spacial score (nSPS) is 12.6. The number of benzene rings is 1. The van der Waals surface area contributed by atoms with Crippen molar-refractivity contribution >= 4 is 23.2 Å². The van der Waals surface area contributed by atoms with Gasteiger partial charge in [0.2, 0.25) is 0 Å². The highest BCUT2D eigenvalue weighted by molar-refractivity contribution is 6.33. The lowest BCUT2D eigenvalue weighted by Gasteiger charge is -2.20. The molecule has 2 rings (SSSR count). The van der Waals surface area contributed by atoms with Crippen LogP contribution in [-0.4, -0.2) is 16.3 Å². The number of aryl methyl sites for hydroxylation is 2. The molecule has 0 fully saturated rings. The summed E-state index contributed by atoms with van der Waals surface area (Å²) in [7, 11) is 1.96. The van der Waals surface area contributed by atoms with E-state index in [1.165, 1.54) is 5.69 Å². The predicted octanol–water partition coefficient (Wildman–Crippen LogP) is 4.01. The number of hydrogen-bond donors (Lipinski definition) is 1. The van der Waals surface area contributed by atoms with Crippen LogP contribution >= 0.6 is 23.2 Å². The molecular formula is C15H19Cl2N3.